The first-order valence-electron chi connectivity index (χ1n) is 0. The molecule has 0 aliphatic rings. The molecule has 0 radical (unpaired) electrons. The van der Waals surface area contributed by atoms with Crippen molar-refractivity contribution in [2.75, 3.05) is 0 Å². The smallest absolute Gasteiger partial charge is 2.00 e. The van der Waals surface area contributed by atoms with Gasteiger partial charge in [-0.25, -0.2) is 0 Å². The summed E-state index contributed by atoms with van der Waals surface area (Å²) in [6, 6.07) is 0. The fourth-order valence-corrected chi connectivity index (χ4v) is 0. The van der Waals surface area contributed by atoms with E-state index in [1.54, 1.807) is 0 Å². The fraction of sp³-hybridized carbons (Fsp3) is 0. The molecule has 0 heterocycles. The van der Waals surface area contributed by atoms with E-state index in [4.69, 9.17) is 0 Å². The third kappa shape index (κ3) is 107. The Morgan fingerprint density at radius 1 is 0.500 bits per heavy atom. The second-order valence-electron chi connectivity index (χ2n) is 0. The summed E-state index contributed by atoms with van der Waals surface area (Å²) in [5, 5.41) is 0. The molecule has 0 saturated carbocycles. The van der Waals surface area contributed by atoms with Gasteiger partial charge >= 0.3 is 63.0 Å². The van der Waals surface area contributed by atoms with Gasteiger partial charge in [-0.1, -0.05) is 0 Å². The second kappa shape index (κ2) is 159. The van der Waals surface area contributed by atoms with E-state index in [2.05, 4.69) is 0 Å². The average Bonchev–Trinajstić information content (AvgIpc) is 0. The second-order valence-corrected chi connectivity index (χ2v) is 0. The van der Waals surface area contributed by atoms with Crippen molar-refractivity contribution in [3.8, 4) is 0 Å². The first-order chi connectivity index (χ1) is 0. The summed E-state index contributed by atoms with van der Waals surface area (Å²) in [6.45, 7) is 0. The minimum absolute atomic E-state index is 0. The molecule has 0 bridgehead atoms. The molecule has 0 spiro atoms. The van der Waals surface area contributed by atoms with Gasteiger partial charge in [-0.05, 0) is 0 Å². The van der Waals surface area contributed by atoms with E-state index in [0.717, 1.165) is 0 Å². The van der Waals surface area contributed by atoms with Crippen molar-refractivity contribution in [1.82, 2.24) is 0 Å². The van der Waals surface area contributed by atoms with E-state index in [0.29, 0.717) is 0 Å². The van der Waals surface area contributed by atoms with Crippen LogP contribution in [0.5, 0.6) is 0 Å². The standard InChI is InChI=1S/Li.Nb.5O.Ti/q+1;+5;5*-2;+4. The SMILES string of the molecule is [Li+].[Nb+5].[O-2].[O-2].[O-2].[O-2].[O-2].[Ti+4]. The van der Waals surface area contributed by atoms with Crippen LogP contribution in [0.15, 0.2) is 0 Å². The van der Waals surface area contributed by atoms with Crippen molar-refractivity contribution in [3.05, 3.63) is 0 Å². The summed E-state index contributed by atoms with van der Waals surface area (Å²) >= 11 is 0. The maximum atomic E-state index is 0. The molecular formula is LiNbO5Ti. The molecule has 0 unspecified atom stereocenters. The van der Waals surface area contributed by atoms with E-state index in [-0.39, 0.29) is 90.3 Å². The summed E-state index contributed by atoms with van der Waals surface area (Å²) in [5.41, 5.74) is 0. The minimum atomic E-state index is 0. The third-order valence-electron chi connectivity index (χ3n) is 0. The van der Waals surface area contributed by atoms with Gasteiger partial charge < -0.3 is 27.4 Å². The van der Waals surface area contributed by atoms with Crippen LogP contribution in [-0.4, -0.2) is 0 Å². The molecule has 5 nitrogen and oxygen atoms in total. The fourth-order valence-electron chi connectivity index (χ4n) is 0. The molecule has 0 aromatic carbocycles. The third-order valence-corrected chi connectivity index (χ3v) is 0. The molecule has 0 aromatic heterocycles. The normalized spacial score (nSPS) is 0. The van der Waals surface area contributed by atoms with Gasteiger partial charge in [-0.3, -0.25) is 0 Å². The molecule has 0 amide bonds. The van der Waals surface area contributed by atoms with Crippen LogP contribution < -0.4 is 18.9 Å². The molecule has 0 aliphatic heterocycles. The Kier molecular flexibility index (Phi) is 4480. The Balaban J connectivity index is 0. The summed E-state index contributed by atoms with van der Waals surface area (Å²) in [6.07, 6.45) is 0. The molecule has 40 valence electrons. The molecule has 0 aromatic rings. The van der Waals surface area contributed by atoms with E-state index in [1.165, 1.54) is 0 Å². The molecule has 0 rings (SSSR count). The quantitative estimate of drug-likeness (QED) is 0.377. The summed E-state index contributed by atoms with van der Waals surface area (Å²) in [4.78, 5) is 0. The molecule has 0 aliphatic carbocycles. The monoisotopic (exact) mass is 228 g/mol. The Morgan fingerprint density at radius 2 is 0.500 bits per heavy atom. The largest absolute Gasteiger partial charge is 5.00 e. The average molecular weight is 228 g/mol. The zero-order chi connectivity index (χ0) is 0. The van der Waals surface area contributed by atoms with Gasteiger partial charge in [-0.2, -0.15) is 0 Å². The molecule has 0 fully saturated rings. The molecule has 0 N–H and O–H groups in total. The van der Waals surface area contributed by atoms with Crippen LogP contribution in [0, 0.1) is 0 Å². The molecular weight excluding hydrogens is 228 g/mol. The molecule has 0 atom stereocenters. The van der Waals surface area contributed by atoms with Crippen LogP contribution >= 0.6 is 0 Å². The molecule has 0 saturated heterocycles. The number of hydrogen-bond donors (Lipinski definition) is 0. The van der Waals surface area contributed by atoms with Gasteiger partial charge in [-0.15, -0.1) is 0 Å². The van der Waals surface area contributed by atoms with Gasteiger partial charge in [0, 0.05) is 0 Å². The first kappa shape index (κ1) is 225. The van der Waals surface area contributed by atoms with E-state index in [1.807, 2.05) is 0 Å². The van der Waals surface area contributed by atoms with Crippen LogP contribution in [-0.2, 0) is 71.5 Å². The van der Waals surface area contributed by atoms with Gasteiger partial charge in [0.2, 0.25) is 0 Å². The number of hydrogen-bond acceptors (Lipinski definition) is 0. The summed E-state index contributed by atoms with van der Waals surface area (Å²) in [5.74, 6) is 0. The van der Waals surface area contributed by atoms with Crippen LogP contribution in [0.1, 0.15) is 0 Å². The number of rotatable bonds is 0. The van der Waals surface area contributed by atoms with Crippen LogP contribution in [0.25, 0.3) is 0 Å². The topological polar surface area (TPSA) is 142 Å². The van der Waals surface area contributed by atoms with Crippen molar-refractivity contribution in [2.45, 2.75) is 0 Å². The van der Waals surface area contributed by atoms with E-state index >= 15 is 0 Å². The summed E-state index contributed by atoms with van der Waals surface area (Å²) < 4.78 is 0. The maximum absolute atomic E-state index is 0. The van der Waals surface area contributed by atoms with Crippen LogP contribution in [0.2, 0.25) is 0 Å². The van der Waals surface area contributed by atoms with Crippen molar-refractivity contribution in [2.24, 2.45) is 0 Å². The van der Waals surface area contributed by atoms with Gasteiger partial charge in [0.05, 0.1) is 0 Å². The Bertz CT molecular complexity index is 12.4. The zero-order valence-electron chi connectivity index (χ0n) is 3.99. The van der Waals surface area contributed by atoms with E-state index < -0.39 is 0 Å². The maximum Gasteiger partial charge on any atom is 5.00 e. The van der Waals surface area contributed by atoms with Crippen molar-refractivity contribution in [1.29, 1.82) is 0 Å². The minimum Gasteiger partial charge on any atom is -2.00 e. The van der Waals surface area contributed by atoms with E-state index in [9.17, 15) is 0 Å². The predicted octanol–water partition coefficient (Wildman–Crippen LogP) is -3.59. The Labute approximate surface area is 89.7 Å². The van der Waals surface area contributed by atoms with Crippen molar-refractivity contribution < 1.29 is 90.3 Å². The van der Waals surface area contributed by atoms with Gasteiger partial charge in [0.25, 0.3) is 0 Å². The summed E-state index contributed by atoms with van der Waals surface area (Å²) in [7, 11) is 0. The van der Waals surface area contributed by atoms with Crippen molar-refractivity contribution >= 4 is 0 Å². The van der Waals surface area contributed by atoms with Crippen LogP contribution in [0.3, 0.4) is 0 Å². The molecule has 8 heteroatoms. The molecule has 8 heavy (non-hydrogen) atoms. The van der Waals surface area contributed by atoms with Crippen molar-refractivity contribution in [3.63, 3.8) is 0 Å². The van der Waals surface area contributed by atoms with Gasteiger partial charge in [0.1, 0.15) is 0 Å². The zero-order valence-corrected chi connectivity index (χ0v) is 7.75. The van der Waals surface area contributed by atoms with Gasteiger partial charge in [0.15, 0.2) is 0 Å². The Hall–Kier alpha value is 1.85. The Morgan fingerprint density at radius 3 is 0.500 bits per heavy atom. The van der Waals surface area contributed by atoms with Crippen LogP contribution in [0.4, 0.5) is 0 Å². The predicted molar refractivity (Wildman–Crippen MR) is 3.43 cm³/mol. The first-order valence-corrected chi connectivity index (χ1v) is 0.